The zero-order valence-corrected chi connectivity index (χ0v) is 35.5. The first kappa shape index (κ1) is 40.2. The van der Waals surface area contributed by atoms with E-state index in [1.807, 2.05) is 35.2 Å². The molecular formula is C50H57N7O5. The van der Waals surface area contributed by atoms with E-state index in [9.17, 15) is 24.3 Å². The minimum Gasteiger partial charge on any atom is -0.508 e. The molecular weight excluding hydrogens is 779 g/mol. The molecule has 3 atom stereocenters. The molecule has 4 saturated heterocycles. The molecule has 0 saturated carbocycles. The second-order valence-corrected chi connectivity index (χ2v) is 18.2. The highest BCUT2D eigenvalue weighted by atomic mass is 16.3. The van der Waals surface area contributed by atoms with Crippen LogP contribution in [0.3, 0.4) is 0 Å². The Hall–Kier alpha value is -5.88. The second kappa shape index (κ2) is 17.1. The number of carbonyl (C=O) groups excluding carboxylic acids is 4. The van der Waals surface area contributed by atoms with E-state index < -0.39 is 11.9 Å². The van der Waals surface area contributed by atoms with Gasteiger partial charge in [-0.2, -0.15) is 0 Å². The number of imide groups is 1. The van der Waals surface area contributed by atoms with Gasteiger partial charge in [0.1, 0.15) is 11.8 Å². The van der Waals surface area contributed by atoms with Crippen LogP contribution in [-0.4, -0.2) is 126 Å². The monoisotopic (exact) mass is 835 g/mol. The molecule has 62 heavy (non-hydrogen) atoms. The number of amides is 5. The number of piperidine rings is 2. The summed E-state index contributed by atoms with van der Waals surface area (Å²) in [6, 6.07) is 31.5. The number of aromatic hydroxyl groups is 1. The number of likely N-dealkylation sites (tertiary alicyclic amines) is 1. The molecule has 5 amide bonds. The van der Waals surface area contributed by atoms with Crippen molar-refractivity contribution in [3.63, 3.8) is 0 Å². The van der Waals surface area contributed by atoms with Gasteiger partial charge in [-0.05, 0) is 114 Å². The number of carbonyl (C=O) groups is 4. The van der Waals surface area contributed by atoms with E-state index in [1.54, 1.807) is 4.90 Å². The van der Waals surface area contributed by atoms with Crippen LogP contribution in [0.1, 0.15) is 82.1 Å². The third-order valence-electron chi connectivity index (χ3n) is 14.6. The first-order valence-corrected chi connectivity index (χ1v) is 22.8. The molecule has 5 heterocycles. The minimum atomic E-state index is -0.623. The highest BCUT2D eigenvalue weighted by Crippen LogP contribution is 2.47. The van der Waals surface area contributed by atoms with Crippen molar-refractivity contribution in [3.05, 3.63) is 124 Å². The summed E-state index contributed by atoms with van der Waals surface area (Å²) in [5.41, 5.74) is 9.10. The topological polar surface area (TPSA) is 120 Å². The predicted octanol–water partition coefficient (Wildman–Crippen LogP) is 5.79. The van der Waals surface area contributed by atoms with Gasteiger partial charge in [-0.25, -0.2) is 4.79 Å². The number of benzene rings is 4. The minimum absolute atomic E-state index is 0.143. The molecule has 4 aromatic carbocycles. The number of fused-ring (bicyclic) bond motifs is 2. The first-order chi connectivity index (χ1) is 30.3. The number of anilines is 2. The summed E-state index contributed by atoms with van der Waals surface area (Å²) in [6.45, 7) is 9.88. The largest absolute Gasteiger partial charge is 0.508 e. The molecule has 12 nitrogen and oxygen atoms in total. The van der Waals surface area contributed by atoms with Crippen LogP contribution >= 0.6 is 0 Å². The molecule has 5 aliphatic heterocycles. The average Bonchev–Trinajstić information content (AvgIpc) is 3.63. The van der Waals surface area contributed by atoms with Gasteiger partial charge in [0.15, 0.2) is 0 Å². The van der Waals surface area contributed by atoms with Crippen molar-refractivity contribution < 1.29 is 24.3 Å². The smallest absolute Gasteiger partial charge is 0.320 e. The van der Waals surface area contributed by atoms with Gasteiger partial charge < -0.3 is 29.6 Å². The maximum absolute atomic E-state index is 13.7. The standard InChI is InChI=1S/C50H57N7O5/c58-41-12-15-43-37(31-41)8-13-42(35-4-2-1-3-5-35)47(43)36-6-9-39(10-7-36)53-24-22-52(23-25-53)32-34-18-20-55(21-19-34)50(62)56-28-26-54(27-29-56)40-11-14-44-38(30-40)33-57(49(44)61)45-16-17-46(59)51-48(45)60/h1-7,9-12,14-15,30-31,34,42,45,47,58H,8,13,16-29,32-33H2,(H,51,59,60)/t42-,45?,47+/m1/s1. The Morgan fingerprint density at radius 2 is 1.34 bits per heavy atom. The summed E-state index contributed by atoms with van der Waals surface area (Å²) >= 11 is 0. The number of piperazine rings is 2. The highest BCUT2D eigenvalue weighted by Gasteiger charge is 2.40. The lowest BCUT2D eigenvalue weighted by molar-refractivity contribution is -0.136. The number of phenols is 1. The summed E-state index contributed by atoms with van der Waals surface area (Å²) in [6.07, 6.45) is 4.68. The number of urea groups is 1. The molecule has 12 heteroatoms. The first-order valence-electron chi connectivity index (χ1n) is 22.8. The van der Waals surface area contributed by atoms with Crippen molar-refractivity contribution in [3.8, 4) is 5.75 Å². The van der Waals surface area contributed by atoms with Crippen molar-refractivity contribution in [2.75, 3.05) is 81.8 Å². The molecule has 0 spiro atoms. The van der Waals surface area contributed by atoms with Crippen LogP contribution < -0.4 is 15.1 Å². The van der Waals surface area contributed by atoms with E-state index in [-0.39, 0.29) is 30.2 Å². The molecule has 2 N–H and O–H groups in total. The molecule has 0 aromatic heterocycles. The Bertz CT molecular complexity index is 2310. The number of hydrogen-bond donors (Lipinski definition) is 2. The number of rotatable bonds is 7. The van der Waals surface area contributed by atoms with Gasteiger partial charge in [0.05, 0.1) is 0 Å². The Morgan fingerprint density at radius 1 is 0.645 bits per heavy atom. The predicted molar refractivity (Wildman–Crippen MR) is 239 cm³/mol. The fourth-order valence-corrected chi connectivity index (χ4v) is 11.1. The van der Waals surface area contributed by atoms with E-state index in [4.69, 9.17) is 0 Å². The van der Waals surface area contributed by atoms with Gasteiger partial charge >= 0.3 is 6.03 Å². The number of hydrogen-bond acceptors (Lipinski definition) is 8. The van der Waals surface area contributed by atoms with Crippen molar-refractivity contribution in [2.24, 2.45) is 5.92 Å². The van der Waals surface area contributed by atoms with Gasteiger partial charge in [-0.15, -0.1) is 0 Å². The fraction of sp³-hybridized carbons (Fsp3) is 0.440. The van der Waals surface area contributed by atoms with Gasteiger partial charge in [-0.3, -0.25) is 24.6 Å². The van der Waals surface area contributed by atoms with Crippen LogP contribution in [0, 0.1) is 5.92 Å². The summed E-state index contributed by atoms with van der Waals surface area (Å²) in [5, 5.41) is 12.6. The van der Waals surface area contributed by atoms with Crippen LogP contribution in [0.4, 0.5) is 16.2 Å². The molecule has 0 radical (unpaired) electrons. The molecule has 4 fully saturated rings. The number of nitrogens with zero attached hydrogens (tertiary/aromatic N) is 6. The zero-order valence-electron chi connectivity index (χ0n) is 35.5. The molecule has 4 aromatic rings. The Balaban J connectivity index is 0.676. The zero-order chi connectivity index (χ0) is 42.3. The van der Waals surface area contributed by atoms with E-state index in [2.05, 4.69) is 85.6 Å². The molecule has 0 bridgehead atoms. The summed E-state index contributed by atoms with van der Waals surface area (Å²) in [7, 11) is 0. The summed E-state index contributed by atoms with van der Waals surface area (Å²) in [5.74, 6) is 0.733. The number of phenolic OH excluding ortho intramolecular Hbond substituents is 1. The van der Waals surface area contributed by atoms with Crippen LogP contribution in [-0.2, 0) is 22.6 Å². The van der Waals surface area contributed by atoms with Gasteiger partial charge in [-0.1, -0.05) is 48.5 Å². The maximum Gasteiger partial charge on any atom is 0.320 e. The van der Waals surface area contributed by atoms with Crippen molar-refractivity contribution in [1.29, 1.82) is 0 Å². The molecule has 1 unspecified atom stereocenters. The SMILES string of the molecule is O=C1CCC(N2Cc3cc(N4CCN(C(=O)N5CCC(CN6CCN(c7ccc([C@@H]8c9ccc(O)cc9CC[C@@H]8c8ccccc8)cc7)CC6)CC5)CC4)ccc3C2=O)C(=O)N1. The van der Waals surface area contributed by atoms with Gasteiger partial charge in [0.25, 0.3) is 5.91 Å². The van der Waals surface area contributed by atoms with Crippen LogP contribution in [0.2, 0.25) is 0 Å². The molecule has 322 valence electrons. The van der Waals surface area contributed by atoms with Crippen LogP contribution in [0.5, 0.6) is 5.75 Å². The van der Waals surface area contributed by atoms with E-state index >= 15 is 0 Å². The number of aryl methyl sites for hydroxylation is 1. The van der Waals surface area contributed by atoms with E-state index in [1.165, 1.54) is 27.9 Å². The van der Waals surface area contributed by atoms with Crippen LogP contribution in [0.15, 0.2) is 91.0 Å². The second-order valence-electron chi connectivity index (χ2n) is 18.2. The Morgan fingerprint density at radius 3 is 2.08 bits per heavy atom. The normalized spacial score (nSPS) is 23.6. The Kier molecular flexibility index (Phi) is 11.1. The molecule has 1 aliphatic carbocycles. The average molecular weight is 836 g/mol. The quantitative estimate of drug-likeness (QED) is 0.225. The van der Waals surface area contributed by atoms with Crippen LogP contribution in [0.25, 0.3) is 0 Å². The molecule has 6 aliphatic rings. The van der Waals surface area contributed by atoms with E-state index in [0.29, 0.717) is 49.2 Å². The van der Waals surface area contributed by atoms with E-state index in [0.717, 1.165) is 95.8 Å². The lowest BCUT2D eigenvalue weighted by Crippen LogP contribution is -2.54. The number of nitrogens with one attached hydrogen (secondary N) is 1. The van der Waals surface area contributed by atoms with Gasteiger partial charge in [0.2, 0.25) is 11.8 Å². The van der Waals surface area contributed by atoms with Crippen molar-refractivity contribution in [2.45, 2.75) is 62.9 Å². The summed E-state index contributed by atoms with van der Waals surface area (Å²) in [4.78, 5) is 64.0. The molecule has 10 rings (SSSR count). The highest BCUT2D eigenvalue weighted by molar-refractivity contribution is 6.05. The van der Waals surface area contributed by atoms with Crippen molar-refractivity contribution >= 4 is 35.1 Å². The van der Waals surface area contributed by atoms with Crippen molar-refractivity contribution in [1.82, 2.24) is 24.9 Å². The lowest BCUT2D eigenvalue weighted by atomic mass is 9.69. The van der Waals surface area contributed by atoms with Gasteiger partial charge in [0, 0.05) is 108 Å². The summed E-state index contributed by atoms with van der Waals surface area (Å²) < 4.78 is 0. The third-order valence-corrected chi connectivity index (χ3v) is 14.6. The fourth-order valence-electron chi connectivity index (χ4n) is 11.1. The maximum atomic E-state index is 13.7. The third kappa shape index (κ3) is 8.00. The Labute approximate surface area is 364 Å². The lowest BCUT2D eigenvalue weighted by Gasteiger charge is -2.42.